The largest absolute Gasteiger partial charge is 0.399 e. The van der Waals surface area contributed by atoms with E-state index in [-0.39, 0.29) is 50.0 Å². The summed E-state index contributed by atoms with van der Waals surface area (Å²) < 4.78 is 6.15. The minimum atomic E-state index is -1.64. The Kier molecular flexibility index (Phi) is 35.3. The highest BCUT2D eigenvalue weighted by atomic mass is 16.6. The van der Waals surface area contributed by atoms with Crippen molar-refractivity contribution in [3.63, 3.8) is 0 Å². The van der Waals surface area contributed by atoms with Gasteiger partial charge in [0, 0.05) is 62.2 Å². The van der Waals surface area contributed by atoms with E-state index in [4.69, 9.17) is 9.57 Å². The standard InChI is InChI=1S/C65H116N12O14/c1-25-27-30-42(13)55(79)54-59(83)69-46(26-2)61(85)71(17)36-50(78)75(21)53(45(16)91-32-29-28-31-66-90-24)58(82)70-51(40(9)10)64(88)72(18)47(33-37(3)4)57(81)67-43(14)56(80)68-44(15)60(84)73(19)48(34-38(5)6)62(86)74(20)49(35-39(7)8)63(87)76(22)52(41(11)12)65(89)77(54)23/h25,27,31,37-49,51-55,79H,26,28-30,32-36H2,1-24H3,(H,67,81)(H,68,80)(H,69,83)(H,70,82)/b27-25+,66-31+/t42-,43+,44-,45-,46+,47+,48+,49+,51+,52+,53+,54+,55-/m1/s1. The maximum Gasteiger partial charge on any atom is 0.246 e. The molecule has 0 aromatic rings. The number of amides is 11. The third-order valence-corrected chi connectivity index (χ3v) is 16.8. The average molecular weight is 1290 g/mol. The topological polar surface area (TPSA) is 310 Å². The van der Waals surface area contributed by atoms with Crippen LogP contribution in [0.2, 0.25) is 0 Å². The van der Waals surface area contributed by atoms with Crippen LogP contribution in [0.3, 0.4) is 0 Å². The summed E-state index contributed by atoms with van der Waals surface area (Å²) in [4.78, 5) is 175. The maximum atomic E-state index is 15.2. The van der Waals surface area contributed by atoms with Crippen LogP contribution in [0, 0.1) is 35.5 Å². The Labute approximate surface area is 543 Å². The Morgan fingerprint density at radius 2 is 1.03 bits per heavy atom. The molecule has 91 heavy (non-hydrogen) atoms. The fraction of sp³-hybridized carbons (Fsp3) is 0.785. The molecule has 26 nitrogen and oxygen atoms in total. The molecule has 0 aliphatic carbocycles. The van der Waals surface area contributed by atoms with E-state index >= 15 is 9.59 Å². The van der Waals surface area contributed by atoms with Gasteiger partial charge in [0.05, 0.1) is 18.8 Å². The molecule has 0 aromatic carbocycles. The lowest BCUT2D eigenvalue weighted by Crippen LogP contribution is -2.63. The summed E-state index contributed by atoms with van der Waals surface area (Å²) in [5.74, 6) is -10.2. The molecule has 1 saturated heterocycles. The van der Waals surface area contributed by atoms with Gasteiger partial charge >= 0.3 is 0 Å². The number of carbonyl (C=O) groups is 11. The van der Waals surface area contributed by atoms with Gasteiger partial charge < -0.3 is 70.2 Å². The van der Waals surface area contributed by atoms with E-state index in [1.165, 1.54) is 89.9 Å². The summed E-state index contributed by atoms with van der Waals surface area (Å²) in [6, 6.07) is -12.9. The highest BCUT2D eigenvalue weighted by molar-refractivity contribution is 5.99. The van der Waals surface area contributed by atoms with Crippen molar-refractivity contribution in [2.24, 2.45) is 40.7 Å². The highest BCUT2D eigenvalue weighted by Gasteiger charge is 2.46. The molecule has 11 amide bonds. The zero-order chi connectivity index (χ0) is 70.2. The molecule has 0 saturated carbocycles. The Hall–Kier alpha value is -6.70. The Morgan fingerprint density at radius 1 is 0.549 bits per heavy atom. The summed E-state index contributed by atoms with van der Waals surface area (Å²) in [5, 5.41) is 26.8. The first-order chi connectivity index (χ1) is 42.3. The molecule has 1 aliphatic rings. The van der Waals surface area contributed by atoms with E-state index in [0.29, 0.717) is 19.3 Å². The molecule has 0 aromatic heterocycles. The van der Waals surface area contributed by atoms with Crippen LogP contribution in [-0.4, -0.2) is 253 Å². The number of likely N-dealkylation sites (N-methyl/N-ethyl adjacent to an activating group) is 7. The number of hydrogen-bond donors (Lipinski definition) is 5. The van der Waals surface area contributed by atoms with Gasteiger partial charge in [-0.25, -0.2) is 0 Å². The predicted octanol–water partition coefficient (Wildman–Crippen LogP) is 3.04. The van der Waals surface area contributed by atoms with Crippen LogP contribution in [0.15, 0.2) is 17.3 Å². The van der Waals surface area contributed by atoms with Crippen LogP contribution in [-0.2, 0) is 62.3 Å². The van der Waals surface area contributed by atoms with Gasteiger partial charge in [-0.3, -0.25) is 52.7 Å². The first-order valence-electron chi connectivity index (χ1n) is 32.3. The molecule has 520 valence electrons. The van der Waals surface area contributed by atoms with Crippen molar-refractivity contribution in [3.05, 3.63) is 12.2 Å². The fourth-order valence-corrected chi connectivity index (χ4v) is 11.1. The maximum absolute atomic E-state index is 15.2. The molecular weight excluding hydrogens is 1170 g/mol. The van der Waals surface area contributed by atoms with Gasteiger partial charge in [0.2, 0.25) is 65.0 Å². The van der Waals surface area contributed by atoms with Crippen molar-refractivity contribution >= 4 is 71.2 Å². The van der Waals surface area contributed by atoms with E-state index in [0.717, 1.165) is 14.7 Å². The lowest BCUT2D eigenvalue weighted by atomic mass is 9.91. The monoisotopic (exact) mass is 1290 g/mol. The zero-order valence-electron chi connectivity index (χ0n) is 59.3. The number of aliphatic hydroxyl groups is 1. The average Bonchev–Trinajstić information content (AvgIpc) is 0.949. The molecule has 0 radical (unpaired) electrons. The van der Waals surface area contributed by atoms with Crippen LogP contribution in [0.25, 0.3) is 0 Å². The second kappa shape index (κ2) is 39.0. The van der Waals surface area contributed by atoms with Crippen LogP contribution in [0.1, 0.15) is 156 Å². The summed E-state index contributed by atoms with van der Waals surface area (Å²) >= 11 is 0. The fourth-order valence-electron chi connectivity index (χ4n) is 11.1. The molecule has 1 aliphatic heterocycles. The van der Waals surface area contributed by atoms with Crippen LogP contribution < -0.4 is 21.3 Å². The molecular formula is C65H116N12O14. The molecule has 0 spiro atoms. The summed E-state index contributed by atoms with van der Waals surface area (Å²) in [6.45, 7) is 27.0. The normalized spacial score (nSPS) is 26.3. The van der Waals surface area contributed by atoms with Gasteiger partial charge in [-0.1, -0.05) is 100 Å². The van der Waals surface area contributed by atoms with E-state index in [9.17, 15) is 48.3 Å². The Bertz CT molecular complexity index is 2490. The molecule has 13 atom stereocenters. The van der Waals surface area contributed by atoms with Crippen molar-refractivity contribution in [1.82, 2.24) is 55.6 Å². The number of hydrogen-bond acceptors (Lipinski definition) is 15. The van der Waals surface area contributed by atoms with Crippen molar-refractivity contribution in [3.8, 4) is 0 Å². The van der Waals surface area contributed by atoms with E-state index in [1.54, 1.807) is 73.8 Å². The van der Waals surface area contributed by atoms with Gasteiger partial charge in [0.15, 0.2) is 0 Å². The van der Waals surface area contributed by atoms with Gasteiger partial charge in [0.25, 0.3) is 0 Å². The molecule has 5 N–H and O–H groups in total. The molecule has 0 unspecified atom stereocenters. The van der Waals surface area contributed by atoms with E-state index < -0.39 is 162 Å². The van der Waals surface area contributed by atoms with E-state index in [1.807, 2.05) is 41.5 Å². The second-order valence-corrected chi connectivity index (χ2v) is 26.6. The first kappa shape index (κ1) is 82.3. The smallest absolute Gasteiger partial charge is 0.246 e. The minimum Gasteiger partial charge on any atom is -0.399 e. The van der Waals surface area contributed by atoms with Crippen LogP contribution in [0.4, 0.5) is 0 Å². The quantitative estimate of drug-likeness (QED) is 0.0507. The van der Waals surface area contributed by atoms with Crippen LogP contribution in [0.5, 0.6) is 0 Å². The number of nitrogens with one attached hydrogen (secondary N) is 4. The van der Waals surface area contributed by atoms with Crippen molar-refractivity contribution < 1.29 is 67.4 Å². The lowest BCUT2D eigenvalue weighted by molar-refractivity contribution is -0.157. The van der Waals surface area contributed by atoms with Crippen molar-refractivity contribution in [2.75, 3.05) is 69.6 Å². The van der Waals surface area contributed by atoms with Gasteiger partial charge in [-0.15, -0.1) is 0 Å². The van der Waals surface area contributed by atoms with Gasteiger partial charge in [-0.2, -0.15) is 0 Å². The molecule has 0 bridgehead atoms. The number of unbranched alkanes of at least 4 members (excludes halogenated alkanes) is 1. The SMILES string of the molecule is C/C=C/C[C@@H](C)[C@@H](O)[C@H]1C(=O)N[C@@H](CC)C(=O)N(C)CC(=O)N(C)[C@@H]([C@@H](C)OCCC/C=N/OC)C(=O)N[C@@H](C(C)C)C(=O)N(C)[C@@H](CC(C)C)C(=O)N[C@@H](C)C(=O)N[C@H](C)C(=O)N(C)[C@@H](CC(C)C)C(=O)N(C)[C@@H](CC(C)C)C(=O)N(C)[C@@H](C(C)C)C(=O)N1C. The minimum absolute atomic E-state index is 0.0122. The number of nitrogens with zero attached hydrogens (tertiary/aromatic N) is 8. The van der Waals surface area contributed by atoms with Crippen molar-refractivity contribution in [1.29, 1.82) is 0 Å². The van der Waals surface area contributed by atoms with Gasteiger partial charge in [0.1, 0.15) is 67.5 Å². The summed E-state index contributed by atoms with van der Waals surface area (Å²) in [6.07, 6.45) is 4.15. The number of allylic oxidation sites excluding steroid dienone is 2. The molecule has 1 rings (SSSR count). The number of aliphatic hydroxyl groups excluding tert-OH is 1. The van der Waals surface area contributed by atoms with Crippen molar-refractivity contribution in [2.45, 2.75) is 228 Å². The lowest BCUT2D eigenvalue weighted by Gasteiger charge is -2.41. The molecule has 1 fully saturated rings. The predicted molar refractivity (Wildman–Crippen MR) is 349 cm³/mol. The van der Waals surface area contributed by atoms with Crippen LogP contribution >= 0.6 is 0 Å². The summed E-state index contributed by atoms with van der Waals surface area (Å²) in [7, 11) is 11.2. The number of ether oxygens (including phenoxy) is 1. The molecule has 26 heteroatoms. The third-order valence-electron chi connectivity index (χ3n) is 16.8. The molecule has 1 heterocycles. The number of carbonyl (C=O) groups excluding carboxylic acids is 11. The second-order valence-electron chi connectivity index (χ2n) is 26.6. The number of oxime groups is 1. The summed E-state index contributed by atoms with van der Waals surface area (Å²) in [5.41, 5.74) is 0. The van der Waals surface area contributed by atoms with Gasteiger partial charge in [-0.05, 0) is 108 Å². The number of rotatable bonds is 20. The Morgan fingerprint density at radius 3 is 1.53 bits per heavy atom. The highest BCUT2D eigenvalue weighted by Crippen LogP contribution is 2.26. The zero-order valence-corrected chi connectivity index (χ0v) is 59.3. The third kappa shape index (κ3) is 24.1. The van der Waals surface area contributed by atoms with E-state index in [2.05, 4.69) is 26.4 Å². The Balaban J connectivity index is 4.39. The first-order valence-corrected chi connectivity index (χ1v) is 32.3.